The topological polar surface area (TPSA) is 46.9 Å². The molecule has 6 nitrogen and oxygen atoms in total. The van der Waals surface area contributed by atoms with Crippen LogP contribution >= 0.6 is 0 Å². The first kappa shape index (κ1) is 21.2. The van der Waals surface area contributed by atoms with Crippen molar-refractivity contribution < 1.29 is 14.3 Å². The summed E-state index contributed by atoms with van der Waals surface area (Å²) >= 11 is 0. The Balaban J connectivity index is 1.65. The van der Waals surface area contributed by atoms with Gasteiger partial charge in [-0.15, -0.1) is 0 Å². The minimum atomic E-state index is 0.142. The summed E-state index contributed by atoms with van der Waals surface area (Å²) in [7, 11) is 3.36. The number of aromatic nitrogens is 1. The Morgan fingerprint density at radius 3 is 2.28 bits per heavy atom. The molecule has 0 atom stereocenters. The van der Waals surface area contributed by atoms with Gasteiger partial charge in [0.1, 0.15) is 11.5 Å². The molecule has 1 aliphatic heterocycles. The van der Waals surface area contributed by atoms with Crippen molar-refractivity contribution in [3.05, 3.63) is 46.8 Å². The molecule has 1 aromatic heterocycles. The Morgan fingerprint density at radius 1 is 1.03 bits per heavy atom. The Kier molecular flexibility index (Phi) is 6.52. The minimum Gasteiger partial charge on any atom is -0.497 e. The standard InChI is InChI=1S/C23H33N3O3/c1-16(2)26-17(3)13-21(18(26)4)23(27)25-11-9-24(10-12-25)15-19-14-20(28-5)7-8-22(19)29-6/h7-8,13-14,16H,9-12,15H2,1-6H3. The van der Waals surface area contributed by atoms with Crippen LogP contribution in [0, 0.1) is 13.8 Å². The van der Waals surface area contributed by atoms with Crippen LogP contribution in [0.2, 0.25) is 0 Å². The van der Waals surface area contributed by atoms with Crippen molar-refractivity contribution in [1.82, 2.24) is 14.4 Å². The van der Waals surface area contributed by atoms with Gasteiger partial charge < -0.3 is 18.9 Å². The highest BCUT2D eigenvalue weighted by Gasteiger charge is 2.26. The largest absolute Gasteiger partial charge is 0.497 e. The molecule has 2 aromatic rings. The molecule has 6 heteroatoms. The molecule has 1 saturated heterocycles. The first-order chi connectivity index (χ1) is 13.8. The maximum Gasteiger partial charge on any atom is 0.255 e. The van der Waals surface area contributed by atoms with Crippen LogP contribution in [0.1, 0.15) is 47.2 Å². The summed E-state index contributed by atoms with van der Waals surface area (Å²) in [5.41, 5.74) is 4.14. The van der Waals surface area contributed by atoms with Gasteiger partial charge in [-0.1, -0.05) is 0 Å². The number of piperazine rings is 1. The van der Waals surface area contributed by atoms with Crippen LogP contribution in [-0.2, 0) is 6.54 Å². The molecule has 0 bridgehead atoms. The van der Waals surface area contributed by atoms with Gasteiger partial charge in [0, 0.05) is 55.7 Å². The summed E-state index contributed by atoms with van der Waals surface area (Å²) < 4.78 is 13.1. The third-order valence-corrected chi connectivity index (χ3v) is 5.77. The molecule has 1 fully saturated rings. The van der Waals surface area contributed by atoms with E-state index in [0.717, 1.165) is 66.7 Å². The lowest BCUT2D eigenvalue weighted by Gasteiger charge is -2.35. The van der Waals surface area contributed by atoms with Crippen molar-refractivity contribution in [2.45, 2.75) is 40.3 Å². The SMILES string of the molecule is COc1ccc(OC)c(CN2CCN(C(=O)c3cc(C)n(C(C)C)c3C)CC2)c1. The van der Waals surface area contributed by atoms with Crippen molar-refractivity contribution >= 4 is 5.91 Å². The number of rotatable bonds is 6. The maximum absolute atomic E-state index is 13.1. The molecule has 3 rings (SSSR count). The molecule has 0 N–H and O–H groups in total. The molecular weight excluding hydrogens is 366 g/mol. The van der Waals surface area contributed by atoms with E-state index in [0.29, 0.717) is 6.04 Å². The summed E-state index contributed by atoms with van der Waals surface area (Å²) in [5, 5.41) is 0. The zero-order valence-electron chi connectivity index (χ0n) is 18.5. The third kappa shape index (κ3) is 4.42. The average Bonchev–Trinajstić information content (AvgIpc) is 3.02. The predicted molar refractivity (Wildman–Crippen MR) is 115 cm³/mol. The van der Waals surface area contributed by atoms with Crippen molar-refractivity contribution in [2.75, 3.05) is 40.4 Å². The van der Waals surface area contributed by atoms with Gasteiger partial charge in [-0.25, -0.2) is 0 Å². The van der Waals surface area contributed by atoms with E-state index < -0.39 is 0 Å². The lowest BCUT2D eigenvalue weighted by molar-refractivity contribution is 0.0626. The van der Waals surface area contributed by atoms with Gasteiger partial charge in [0.2, 0.25) is 0 Å². The van der Waals surface area contributed by atoms with Crippen molar-refractivity contribution in [2.24, 2.45) is 0 Å². The van der Waals surface area contributed by atoms with Gasteiger partial charge >= 0.3 is 0 Å². The Labute approximate surface area is 174 Å². The number of nitrogens with zero attached hydrogens (tertiary/aromatic N) is 3. The monoisotopic (exact) mass is 399 g/mol. The molecule has 2 heterocycles. The van der Waals surface area contributed by atoms with Crippen molar-refractivity contribution in [3.8, 4) is 11.5 Å². The van der Waals surface area contributed by atoms with E-state index in [1.165, 1.54) is 0 Å². The molecule has 0 radical (unpaired) electrons. The second-order valence-electron chi connectivity index (χ2n) is 7.99. The average molecular weight is 400 g/mol. The normalized spacial score (nSPS) is 15.1. The lowest BCUT2D eigenvalue weighted by Crippen LogP contribution is -2.48. The summed E-state index contributed by atoms with van der Waals surface area (Å²) in [6.07, 6.45) is 0. The van der Waals surface area contributed by atoms with Crippen molar-refractivity contribution in [1.29, 1.82) is 0 Å². The molecular formula is C23H33N3O3. The number of aryl methyl sites for hydroxylation is 1. The quantitative estimate of drug-likeness (QED) is 0.744. The molecule has 1 aliphatic rings. The second kappa shape index (κ2) is 8.91. The molecule has 1 amide bonds. The Morgan fingerprint density at radius 2 is 1.72 bits per heavy atom. The van der Waals surface area contributed by atoms with E-state index in [1.54, 1.807) is 14.2 Å². The predicted octanol–water partition coefficient (Wildman–Crippen LogP) is 3.66. The van der Waals surface area contributed by atoms with Crippen LogP contribution < -0.4 is 9.47 Å². The van der Waals surface area contributed by atoms with Gasteiger partial charge in [0.05, 0.1) is 19.8 Å². The fourth-order valence-corrected chi connectivity index (χ4v) is 4.31. The first-order valence-corrected chi connectivity index (χ1v) is 10.3. The van der Waals surface area contributed by atoms with E-state index >= 15 is 0 Å². The number of carbonyl (C=O) groups is 1. The fourth-order valence-electron chi connectivity index (χ4n) is 4.31. The van der Waals surface area contributed by atoms with Crippen LogP contribution in [0.3, 0.4) is 0 Å². The highest BCUT2D eigenvalue weighted by Crippen LogP contribution is 2.26. The number of hydrogen-bond acceptors (Lipinski definition) is 4. The van der Waals surface area contributed by atoms with Crippen LogP contribution in [0.25, 0.3) is 0 Å². The number of benzene rings is 1. The van der Waals surface area contributed by atoms with Crippen LogP contribution in [0.15, 0.2) is 24.3 Å². The highest BCUT2D eigenvalue weighted by molar-refractivity contribution is 5.95. The minimum absolute atomic E-state index is 0.142. The molecule has 0 aliphatic carbocycles. The second-order valence-corrected chi connectivity index (χ2v) is 7.99. The van der Waals surface area contributed by atoms with Gasteiger partial charge in [0.25, 0.3) is 5.91 Å². The molecule has 0 spiro atoms. The fraction of sp³-hybridized carbons (Fsp3) is 0.522. The molecule has 158 valence electrons. The summed E-state index contributed by atoms with van der Waals surface area (Å²) in [6.45, 7) is 12.4. The molecule has 0 unspecified atom stereocenters. The summed E-state index contributed by atoms with van der Waals surface area (Å²) in [4.78, 5) is 17.5. The van der Waals surface area contributed by atoms with E-state index in [1.807, 2.05) is 36.1 Å². The maximum atomic E-state index is 13.1. The lowest BCUT2D eigenvalue weighted by atomic mass is 10.1. The van der Waals surface area contributed by atoms with Crippen molar-refractivity contribution in [3.63, 3.8) is 0 Å². The first-order valence-electron chi connectivity index (χ1n) is 10.3. The third-order valence-electron chi connectivity index (χ3n) is 5.77. The van der Waals surface area contributed by atoms with E-state index in [2.05, 4.69) is 30.2 Å². The number of hydrogen-bond donors (Lipinski definition) is 0. The van der Waals surface area contributed by atoms with Gasteiger partial charge in [0.15, 0.2) is 0 Å². The molecule has 29 heavy (non-hydrogen) atoms. The van der Waals surface area contributed by atoms with Crippen LogP contribution in [-0.4, -0.2) is 60.7 Å². The number of amides is 1. The highest BCUT2D eigenvalue weighted by atomic mass is 16.5. The summed E-state index contributed by atoms with van der Waals surface area (Å²) in [5.74, 6) is 1.84. The van der Waals surface area contributed by atoms with Crippen LogP contribution in [0.4, 0.5) is 0 Å². The van der Waals surface area contributed by atoms with Gasteiger partial charge in [-0.05, 0) is 52.0 Å². The molecule has 0 saturated carbocycles. The zero-order chi connectivity index (χ0) is 21.1. The van der Waals surface area contributed by atoms with E-state index in [-0.39, 0.29) is 5.91 Å². The van der Waals surface area contributed by atoms with Gasteiger partial charge in [-0.2, -0.15) is 0 Å². The summed E-state index contributed by atoms with van der Waals surface area (Å²) in [6, 6.07) is 8.26. The number of ether oxygens (including phenoxy) is 2. The molecule has 1 aromatic carbocycles. The zero-order valence-corrected chi connectivity index (χ0v) is 18.5. The Hall–Kier alpha value is -2.47. The van der Waals surface area contributed by atoms with Crippen LogP contribution in [0.5, 0.6) is 11.5 Å². The van der Waals surface area contributed by atoms with Gasteiger partial charge in [-0.3, -0.25) is 9.69 Å². The Bertz CT molecular complexity index is 864. The van der Waals surface area contributed by atoms with E-state index in [9.17, 15) is 4.79 Å². The number of methoxy groups -OCH3 is 2. The smallest absolute Gasteiger partial charge is 0.255 e. The number of carbonyl (C=O) groups excluding carboxylic acids is 1. The van der Waals surface area contributed by atoms with E-state index in [4.69, 9.17) is 9.47 Å².